The fourth-order valence-electron chi connectivity index (χ4n) is 7.17. The molecule has 8 aromatic rings. The van der Waals surface area contributed by atoms with Crippen LogP contribution in [0.2, 0.25) is 0 Å². The van der Waals surface area contributed by atoms with Gasteiger partial charge >= 0.3 is 12.4 Å². The van der Waals surface area contributed by atoms with Crippen molar-refractivity contribution in [2.75, 3.05) is 0 Å². The summed E-state index contributed by atoms with van der Waals surface area (Å²) >= 11 is 0. The quantitative estimate of drug-likeness (QED) is 0.172. The minimum atomic E-state index is -4.64. The number of halogens is 6. The van der Waals surface area contributed by atoms with Crippen molar-refractivity contribution in [3.8, 4) is 28.6 Å². The molecule has 0 amide bonds. The number of benzene rings is 6. The van der Waals surface area contributed by atoms with Crippen molar-refractivity contribution in [2.45, 2.75) is 26.2 Å². The predicted molar refractivity (Wildman–Crippen MR) is 185 cm³/mol. The molecule has 0 spiro atoms. The van der Waals surface area contributed by atoms with Crippen LogP contribution in [0.15, 0.2) is 115 Å². The van der Waals surface area contributed by atoms with E-state index in [0.717, 1.165) is 51.6 Å². The van der Waals surface area contributed by atoms with Crippen molar-refractivity contribution in [3.63, 3.8) is 0 Å². The molecule has 8 rings (SSSR count). The van der Waals surface area contributed by atoms with E-state index < -0.39 is 23.5 Å². The number of fused-ring (bicyclic) bond motifs is 6. The molecule has 0 aliphatic heterocycles. The van der Waals surface area contributed by atoms with Gasteiger partial charge in [0.25, 0.3) is 0 Å². The van der Waals surface area contributed by atoms with Crippen molar-refractivity contribution >= 4 is 43.6 Å². The summed E-state index contributed by atoms with van der Waals surface area (Å²) in [6.45, 7) is 3.54. The van der Waals surface area contributed by atoms with Gasteiger partial charge in [0.1, 0.15) is 0 Å². The number of rotatable bonds is 3. The minimum Gasteiger partial charge on any atom is -0.308 e. The lowest BCUT2D eigenvalue weighted by Crippen LogP contribution is -2.08. The average molecular weight is 674 g/mol. The van der Waals surface area contributed by atoms with Crippen LogP contribution in [0.4, 0.5) is 26.3 Å². The average Bonchev–Trinajstić information content (AvgIpc) is 3.59. The van der Waals surface area contributed by atoms with Crippen molar-refractivity contribution in [2.24, 2.45) is 0 Å². The number of nitriles is 1. The molecule has 246 valence electrons. The highest BCUT2D eigenvalue weighted by atomic mass is 19.4. The van der Waals surface area contributed by atoms with Crippen molar-refractivity contribution in [1.29, 1.82) is 5.26 Å². The largest absolute Gasteiger partial charge is 0.416 e. The monoisotopic (exact) mass is 673 g/mol. The highest BCUT2D eigenvalue weighted by molar-refractivity contribution is 6.12. The van der Waals surface area contributed by atoms with Crippen molar-refractivity contribution < 1.29 is 26.3 Å². The SMILES string of the molecule is Cc1ccc2c3ccccc3n(-c3cc(C#N)cc(-n4c5ccccc5c5ccc(C(F)(F)F)cc54)c3-c3ccc(C(F)(F)F)cc3C)c2c1. The van der Waals surface area contributed by atoms with Crippen LogP contribution in [-0.4, -0.2) is 9.13 Å². The first kappa shape index (κ1) is 31.3. The fraction of sp³-hybridized carbons (Fsp3) is 0.0976. The van der Waals surface area contributed by atoms with E-state index in [9.17, 15) is 31.6 Å². The summed E-state index contributed by atoms with van der Waals surface area (Å²) in [4.78, 5) is 0. The summed E-state index contributed by atoms with van der Waals surface area (Å²) in [7, 11) is 0. The predicted octanol–water partition coefficient (Wildman–Crippen LogP) is 12.1. The highest BCUT2D eigenvalue weighted by Gasteiger charge is 2.33. The third-order valence-corrected chi connectivity index (χ3v) is 9.36. The summed E-state index contributed by atoms with van der Waals surface area (Å²) in [5.41, 5.74) is 3.98. The Morgan fingerprint density at radius 2 is 1.00 bits per heavy atom. The maximum atomic E-state index is 14.2. The molecule has 0 saturated carbocycles. The number of alkyl halides is 6. The van der Waals surface area contributed by atoms with E-state index in [0.29, 0.717) is 44.4 Å². The van der Waals surface area contributed by atoms with Gasteiger partial charge in [-0.15, -0.1) is 0 Å². The molecule has 2 aromatic heterocycles. The zero-order valence-electron chi connectivity index (χ0n) is 26.6. The number of hydrogen-bond acceptors (Lipinski definition) is 1. The normalized spacial score (nSPS) is 12.4. The molecule has 0 aliphatic carbocycles. The Morgan fingerprint density at radius 3 is 1.54 bits per heavy atom. The zero-order chi connectivity index (χ0) is 35.1. The lowest BCUT2D eigenvalue weighted by atomic mass is 9.93. The Hall–Kier alpha value is -6.01. The minimum absolute atomic E-state index is 0.222. The molecule has 0 radical (unpaired) electrons. The van der Waals surface area contributed by atoms with Crippen molar-refractivity contribution in [3.05, 3.63) is 143 Å². The topological polar surface area (TPSA) is 33.6 Å². The van der Waals surface area contributed by atoms with Gasteiger partial charge in [0.2, 0.25) is 0 Å². The number of aromatic nitrogens is 2. The summed E-state index contributed by atoms with van der Waals surface area (Å²) < 4.78 is 88.1. The number of hydrogen-bond donors (Lipinski definition) is 0. The molecule has 0 saturated heterocycles. The van der Waals surface area contributed by atoms with E-state index in [1.165, 1.54) is 12.1 Å². The summed E-state index contributed by atoms with van der Waals surface area (Å²) in [6, 6.07) is 33.5. The van der Waals surface area contributed by atoms with Gasteiger partial charge in [-0.2, -0.15) is 31.6 Å². The van der Waals surface area contributed by atoms with E-state index in [4.69, 9.17) is 0 Å². The highest BCUT2D eigenvalue weighted by Crippen LogP contribution is 2.45. The second-order valence-corrected chi connectivity index (χ2v) is 12.5. The van der Waals surface area contributed by atoms with E-state index in [-0.39, 0.29) is 11.1 Å². The molecule has 0 atom stereocenters. The first-order valence-electron chi connectivity index (χ1n) is 15.7. The zero-order valence-corrected chi connectivity index (χ0v) is 26.6. The molecule has 6 aromatic carbocycles. The van der Waals surface area contributed by atoms with Gasteiger partial charge in [0, 0.05) is 27.1 Å². The van der Waals surface area contributed by atoms with Crippen LogP contribution in [-0.2, 0) is 12.4 Å². The van der Waals surface area contributed by atoms with E-state index in [1.54, 1.807) is 41.8 Å². The van der Waals surface area contributed by atoms with Crippen LogP contribution in [0.5, 0.6) is 0 Å². The third kappa shape index (κ3) is 4.82. The Balaban J connectivity index is 1.60. The maximum Gasteiger partial charge on any atom is 0.416 e. The van der Waals surface area contributed by atoms with Gasteiger partial charge in [0.15, 0.2) is 0 Å². The molecule has 0 bridgehead atoms. The third-order valence-electron chi connectivity index (χ3n) is 9.36. The molecule has 0 N–H and O–H groups in total. The summed E-state index contributed by atoms with van der Waals surface area (Å²) in [5.74, 6) is 0. The van der Waals surface area contributed by atoms with Gasteiger partial charge in [-0.05, 0) is 85.1 Å². The molecular formula is C41H25F6N3. The smallest absolute Gasteiger partial charge is 0.308 e. The van der Waals surface area contributed by atoms with Gasteiger partial charge < -0.3 is 9.13 Å². The van der Waals surface area contributed by atoms with Crippen LogP contribution in [0.3, 0.4) is 0 Å². The standard InChI is InChI=1S/C41H25F6N3/c1-23-11-14-31-29-7-3-5-9-33(29)49(35(31)17-23)37-19-25(22-48)20-38(39(37)28-15-12-26(18-24(28)2)40(42,43)44)50-34-10-6-4-8-30(34)32-16-13-27(21-36(32)50)41(45,46)47/h3-21H,1-2H3. The van der Waals surface area contributed by atoms with E-state index >= 15 is 0 Å². The lowest BCUT2D eigenvalue weighted by Gasteiger charge is -2.22. The fourth-order valence-corrected chi connectivity index (χ4v) is 7.17. The first-order chi connectivity index (χ1) is 23.8. The Bertz CT molecular complexity index is 2720. The van der Waals surface area contributed by atoms with Crippen LogP contribution in [0, 0.1) is 25.2 Å². The molecule has 50 heavy (non-hydrogen) atoms. The number of para-hydroxylation sites is 2. The Kier molecular flexibility index (Phi) is 6.88. The molecule has 0 aliphatic rings. The molecule has 9 heteroatoms. The number of nitrogens with zero attached hydrogens (tertiary/aromatic N) is 3. The number of aryl methyl sites for hydroxylation is 2. The molecule has 2 heterocycles. The van der Waals surface area contributed by atoms with Crippen LogP contribution in [0.1, 0.15) is 27.8 Å². The second kappa shape index (κ2) is 11.0. The van der Waals surface area contributed by atoms with Crippen molar-refractivity contribution in [1.82, 2.24) is 9.13 Å². The van der Waals surface area contributed by atoms with E-state index in [2.05, 4.69) is 6.07 Å². The van der Waals surface area contributed by atoms with Crippen LogP contribution >= 0.6 is 0 Å². The summed E-state index contributed by atoms with van der Waals surface area (Å²) in [5, 5.41) is 13.5. The summed E-state index contributed by atoms with van der Waals surface area (Å²) in [6.07, 6.45) is -9.23. The Morgan fingerprint density at radius 1 is 0.520 bits per heavy atom. The van der Waals surface area contributed by atoms with Gasteiger partial charge in [0.05, 0.1) is 56.2 Å². The molecule has 3 nitrogen and oxygen atoms in total. The van der Waals surface area contributed by atoms with Gasteiger partial charge in [-0.25, -0.2) is 0 Å². The van der Waals surface area contributed by atoms with Gasteiger partial charge in [-0.1, -0.05) is 60.7 Å². The van der Waals surface area contributed by atoms with Crippen LogP contribution in [0.25, 0.3) is 66.1 Å². The molecule has 0 fully saturated rings. The van der Waals surface area contributed by atoms with Crippen LogP contribution < -0.4 is 0 Å². The van der Waals surface area contributed by atoms with Gasteiger partial charge in [-0.3, -0.25) is 0 Å². The lowest BCUT2D eigenvalue weighted by molar-refractivity contribution is -0.138. The Labute approximate surface area is 281 Å². The molecule has 0 unspecified atom stereocenters. The molecular weight excluding hydrogens is 648 g/mol. The second-order valence-electron chi connectivity index (χ2n) is 12.5. The maximum absolute atomic E-state index is 14.2. The van der Waals surface area contributed by atoms with E-state index in [1.807, 2.05) is 60.0 Å². The first-order valence-corrected chi connectivity index (χ1v) is 15.7.